The van der Waals surface area contributed by atoms with E-state index in [2.05, 4.69) is 16.8 Å². The van der Waals surface area contributed by atoms with Gasteiger partial charge in [0.2, 0.25) is 18.2 Å². The van der Waals surface area contributed by atoms with Gasteiger partial charge in [0.1, 0.15) is 12.6 Å². The van der Waals surface area contributed by atoms with Crippen LogP contribution in [0.5, 0.6) is 0 Å². The van der Waals surface area contributed by atoms with Gasteiger partial charge in [0.05, 0.1) is 23.6 Å². The van der Waals surface area contributed by atoms with Gasteiger partial charge in [-0.3, -0.25) is 14.4 Å². The molecule has 6 rings (SSSR count). The summed E-state index contributed by atoms with van der Waals surface area (Å²) in [6.45, 7) is 3.14. The number of thiazole rings is 1. The number of benzene rings is 1. The lowest BCUT2D eigenvalue weighted by atomic mass is 9.80. The van der Waals surface area contributed by atoms with Gasteiger partial charge < -0.3 is 25.2 Å². The van der Waals surface area contributed by atoms with Crippen LogP contribution in [0.1, 0.15) is 47.5 Å². The summed E-state index contributed by atoms with van der Waals surface area (Å²) < 4.78 is 33.3. The van der Waals surface area contributed by atoms with Gasteiger partial charge in [-0.1, -0.05) is 18.9 Å². The van der Waals surface area contributed by atoms with Crippen LogP contribution in [0, 0.1) is 11.8 Å². The molecule has 1 aliphatic carbocycles. The molecule has 4 aliphatic rings. The number of ketones is 1. The van der Waals surface area contributed by atoms with E-state index in [4.69, 9.17) is 15.5 Å². The molecule has 4 heterocycles. The average molecular weight is 588 g/mol. The maximum Gasteiger partial charge on any atom is 0.249 e. The number of nitrogens with zero attached hydrogens (tertiary/aromatic N) is 4. The van der Waals surface area contributed by atoms with Crippen LogP contribution in [0.25, 0.3) is 11.3 Å². The number of aromatic nitrogens is 1. The number of rotatable bonds is 7. The Balaban J connectivity index is 1.37. The Bertz CT molecular complexity index is 1320. The molecule has 2 aromatic rings. The van der Waals surface area contributed by atoms with Gasteiger partial charge in [-0.2, -0.15) is 0 Å². The number of Topliss-reactive ketones (excluding diaryl/α,β-unsaturated/α-hetero) is 1. The highest BCUT2D eigenvalue weighted by Gasteiger charge is 2.56. The van der Waals surface area contributed by atoms with Crippen LogP contribution >= 0.6 is 11.3 Å². The lowest BCUT2D eigenvalue weighted by Crippen LogP contribution is -2.45. The summed E-state index contributed by atoms with van der Waals surface area (Å²) in [7, 11) is 2.10. The maximum atomic E-state index is 14.3. The van der Waals surface area contributed by atoms with Crippen molar-refractivity contribution in [2.24, 2.45) is 17.6 Å². The molecule has 4 fully saturated rings. The summed E-state index contributed by atoms with van der Waals surface area (Å²) in [5, 5.41) is 2.88. The normalized spacial score (nSPS) is 26.2. The summed E-state index contributed by atoms with van der Waals surface area (Å²) in [6, 6.07) is 4.20. The fourth-order valence-corrected chi connectivity index (χ4v) is 7.83. The van der Waals surface area contributed by atoms with Crippen LogP contribution in [0.2, 0.25) is 0 Å². The largest absolute Gasteiger partial charge is 0.367 e. The van der Waals surface area contributed by atoms with Crippen LogP contribution < -0.4 is 10.6 Å². The summed E-state index contributed by atoms with van der Waals surface area (Å²) in [5.41, 5.74) is 8.00. The summed E-state index contributed by atoms with van der Waals surface area (Å²) >= 11 is 1.55. The average Bonchev–Trinajstić information content (AvgIpc) is 3.75. The minimum atomic E-state index is -2.72. The Morgan fingerprint density at radius 3 is 2.56 bits per heavy atom. The number of hydrogen-bond acceptors (Lipinski definition) is 8. The Kier molecular flexibility index (Phi) is 7.82. The first-order valence-electron chi connectivity index (χ1n) is 14.3. The topological polar surface area (TPSA) is 109 Å². The minimum Gasteiger partial charge on any atom is -0.367 e. The van der Waals surface area contributed by atoms with Gasteiger partial charge in [0.25, 0.3) is 0 Å². The zero-order chi connectivity index (χ0) is 28.8. The molecule has 3 aliphatic heterocycles. The van der Waals surface area contributed by atoms with Gasteiger partial charge in [-0.05, 0) is 43.5 Å². The standard InChI is InChI=1S/C29H35F2N5O4S/c1-34-8-10-35(11-9-34)29-33-21(15-41-29)17-6-7-18(27(32)38)19(12-17)23(16-4-2-3-5-16)28(39)36-13-20(26(30)31)25-24(36)22(37)14-40-25/h6-7,12,15-16,20,23-26H,2-5,8-11,13-14H2,1H3,(H2,32,38)/t20-,23+,24-,25-/m1/s1. The highest BCUT2D eigenvalue weighted by atomic mass is 32.1. The molecule has 0 spiro atoms. The molecule has 2 N–H and O–H groups in total. The monoisotopic (exact) mass is 587 g/mol. The molecule has 0 bridgehead atoms. The van der Waals surface area contributed by atoms with Gasteiger partial charge in [-0.25, -0.2) is 13.8 Å². The molecule has 12 heteroatoms. The fraction of sp³-hybridized carbons (Fsp3) is 0.586. The molecule has 1 saturated carbocycles. The highest BCUT2D eigenvalue weighted by molar-refractivity contribution is 7.14. The number of piperazine rings is 1. The first kappa shape index (κ1) is 28.2. The summed E-state index contributed by atoms with van der Waals surface area (Å²) in [6.07, 6.45) is -0.371. The van der Waals surface area contributed by atoms with Crippen LogP contribution in [0.3, 0.4) is 0 Å². The third kappa shape index (κ3) is 5.25. The number of likely N-dealkylation sites (N-methyl/N-ethyl adjacent to an activating group) is 1. The van der Waals surface area contributed by atoms with E-state index >= 15 is 0 Å². The Labute approximate surface area is 241 Å². The number of alkyl halides is 2. The van der Waals surface area contributed by atoms with Gasteiger partial charge in [0.15, 0.2) is 10.9 Å². The van der Waals surface area contributed by atoms with Crippen LogP contribution in [-0.4, -0.2) is 97.3 Å². The molecule has 41 heavy (non-hydrogen) atoms. The van der Waals surface area contributed by atoms with E-state index in [1.807, 2.05) is 11.4 Å². The van der Waals surface area contributed by atoms with Gasteiger partial charge in [-0.15, -0.1) is 11.3 Å². The van der Waals surface area contributed by atoms with Crippen molar-refractivity contribution < 1.29 is 27.9 Å². The van der Waals surface area contributed by atoms with E-state index in [0.717, 1.165) is 68.3 Å². The molecule has 220 valence electrons. The van der Waals surface area contributed by atoms with Crippen LogP contribution in [0.15, 0.2) is 23.6 Å². The number of likely N-dealkylation sites (tertiary alicyclic amines) is 1. The van der Waals surface area contributed by atoms with E-state index in [9.17, 15) is 23.2 Å². The summed E-state index contributed by atoms with van der Waals surface area (Å²) in [5.74, 6) is -3.56. The van der Waals surface area contributed by atoms with E-state index in [-0.39, 0.29) is 30.4 Å². The highest BCUT2D eigenvalue weighted by Crippen LogP contribution is 2.44. The second-order valence-electron chi connectivity index (χ2n) is 11.7. The lowest BCUT2D eigenvalue weighted by molar-refractivity contribution is -0.139. The van der Waals surface area contributed by atoms with Crippen molar-refractivity contribution in [1.29, 1.82) is 0 Å². The molecular weight excluding hydrogens is 552 g/mol. The number of halogens is 2. The van der Waals surface area contributed by atoms with Crippen molar-refractivity contribution in [2.75, 3.05) is 51.3 Å². The number of ether oxygens (including phenoxy) is 1. The Hall–Kier alpha value is -2.96. The number of amides is 2. The smallest absolute Gasteiger partial charge is 0.249 e. The number of anilines is 1. The van der Waals surface area contributed by atoms with Crippen molar-refractivity contribution in [2.45, 2.75) is 50.2 Å². The molecule has 0 unspecified atom stereocenters. The quantitative estimate of drug-likeness (QED) is 0.531. The van der Waals surface area contributed by atoms with Gasteiger partial charge in [0, 0.05) is 49.2 Å². The molecule has 4 atom stereocenters. The van der Waals surface area contributed by atoms with Crippen LogP contribution in [0.4, 0.5) is 13.9 Å². The minimum absolute atomic E-state index is 0.103. The number of hydrogen-bond donors (Lipinski definition) is 1. The number of fused-ring (bicyclic) bond motifs is 1. The van der Waals surface area contributed by atoms with Crippen LogP contribution in [-0.2, 0) is 14.3 Å². The van der Waals surface area contributed by atoms with Crippen molar-refractivity contribution in [1.82, 2.24) is 14.8 Å². The Morgan fingerprint density at radius 2 is 1.88 bits per heavy atom. The maximum absolute atomic E-state index is 14.3. The molecule has 1 aromatic carbocycles. The predicted molar refractivity (Wildman–Crippen MR) is 150 cm³/mol. The van der Waals surface area contributed by atoms with E-state index in [0.29, 0.717) is 5.56 Å². The first-order chi connectivity index (χ1) is 19.7. The molecule has 2 amide bonds. The zero-order valence-corrected chi connectivity index (χ0v) is 23.8. The number of nitrogens with two attached hydrogens (primary N) is 1. The van der Waals surface area contributed by atoms with Crippen molar-refractivity contribution in [3.63, 3.8) is 0 Å². The second-order valence-corrected chi connectivity index (χ2v) is 12.5. The third-order valence-corrected chi connectivity index (χ3v) is 10.1. The zero-order valence-electron chi connectivity index (χ0n) is 23.0. The number of carbonyl (C=O) groups is 3. The summed E-state index contributed by atoms with van der Waals surface area (Å²) in [4.78, 5) is 50.4. The van der Waals surface area contributed by atoms with E-state index in [1.165, 1.54) is 4.90 Å². The first-order valence-corrected chi connectivity index (χ1v) is 15.2. The molecule has 3 saturated heterocycles. The molecule has 9 nitrogen and oxygen atoms in total. The molecule has 1 aromatic heterocycles. The number of carbonyl (C=O) groups excluding carboxylic acids is 3. The lowest BCUT2D eigenvalue weighted by Gasteiger charge is -2.32. The molecular formula is C29H35F2N5O4S. The number of primary amides is 1. The third-order valence-electron chi connectivity index (χ3n) is 9.18. The predicted octanol–water partition coefficient (Wildman–Crippen LogP) is 2.99. The second kappa shape index (κ2) is 11.4. The van der Waals surface area contributed by atoms with Crippen molar-refractivity contribution in [3.05, 3.63) is 34.7 Å². The van der Waals surface area contributed by atoms with Gasteiger partial charge >= 0.3 is 0 Å². The SMILES string of the molecule is CN1CCN(c2nc(-c3ccc(C(N)=O)c([C@@H](C(=O)N4C[C@@H](C(F)F)[C@H]5OCC(=O)[C@H]54)C4CCCC4)c3)cs2)CC1. The Morgan fingerprint density at radius 1 is 1.15 bits per heavy atom. The molecule has 0 radical (unpaired) electrons. The fourth-order valence-electron chi connectivity index (χ4n) is 6.94. The van der Waals surface area contributed by atoms with Crippen molar-refractivity contribution >= 4 is 34.1 Å². The van der Waals surface area contributed by atoms with E-state index < -0.39 is 42.2 Å². The van der Waals surface area contributed by atoms with Crippen molar-refractivity contribution in [3.8, 4) is 11.3 Å². The van der Waals surface area contributed by atoms with E-state index in [1.54, 1.807) is 23.5 Å².